The van der Waals surface area contributed by atoms with E-state index in [0.717, 1.165) is 54.6 Å². The fourth-order valence-corrected chi connectivity index (χ4v) is 4.14. The number of aliphatic imine (C=N–C) groups is 1. The van der Waals surface area contributed by atoms with Crippen LogP contribution in [0.3, 0.4) is 0 Å². The molecule has 160 valence electrons. The van der Waals surface area contributed by atoms with E-state index in [4.69, 9.17) is 16.5 Å². The molecule has 0 aromatic heterocycles. The van der Waals surface area contributed by atoms with Gasteiger partial charge < -0.3 is 16.8 Å². The predicted octanol–water partition coefficient (Wildman–Crippen LogP) is 3.63. The van der Waals surface area contributed by atoms with Crippen molar-refractivity contribution in [2.45, 2.75) is 71.3 Å². The van der Waals surface area contributed by atoms with Gasteiger partial charge in [0.25, 0.3) is 5.91 Å². The van der Waals surface area contributed by atoms with Crippen molar-refractivity contribution in [2.24, 2.45) is 16.5 Å². The van der Waals surface area contributed by atoms with Crippen molar-refractivity contribution in [1.82, 2.24) is 5.32 Å². The number of hydrogen-bond donors (Lipinski definition) is 3. The number of rotatable bonds is 3. The minimum Gasteiger partial charge on any atom is -0.404 e. The molecule has 6 nitrogen and oxygen atoms in total. The number of carbonyl (C=O) groups excluding carboxylic acids is 2. The number of aryl methyl sites for hydroxylation is 1. The molecular formula is C24H32N4O2. The van der Waals surface area contributed by atoms with Crippen molar-refractivity contribution in [1.29, 1.82) is 0 Å². The molecule has 0 radical (unpaired) electrons. The molecule has 0 saturated heterocycles. The number of Topliss-reactive ketones (excluding diaryl/α,β-unsaturated/α-hetero) is 1. The Hall–Kier alpha value is -2.89. The maximum atomic E-state index is 12.7. The summed E-state index contributed by atoms with van der Waals surface area (Å²) >= 11 is 0. The minimum atomic E-state index is -0.350. The van der Waals surface area contributed by atoms with Crippen molar-refractivity contribution in [3.8, 4) is 0 Å². The Morgan fingerprint density at radius 1 is 1.17 bits per heavy atom. The Balaban J connectivity index is 1.75. The highest BCUT2D eigenvalue weighted by Gasteiger charge is 2.25. The number of hydrogen-bond acceptors (Lipinski definition) is 5. The normalized spacial score (nSPS) is 24.6. The molecule has 6 heteroatoms. The second-order valence-corrected chi connectivity index (χ2v) is 8.26. The second kappa shape index (κ2) is 9.74. The molecule has 2 aliphatic rings. The van der Waals surface area contributed by atoms with Gasteiger partial charge in [-0.1, -0.05) is 12.1 Å². The Labute approximate surface area is 178 Å². The maximum Gasteiger partial charge on any atom is 0.267 e. The molecule has 1 amide bonds. The topological polar surface area (TPSA) is 111 Å². The zero-order valence-electron chi connectivity index (χ0n) is 18.0. The van der Waals surface area contributed by atoms with Crippen molar-refractivity contribution in [2.75, 3.05) is 0 Å². The van der Waals surface area contributed by atoms with Crippen LogP contribution in [0.15, 0.2) is 46.2 Å². The molecule has 3 rings (SSSR count). The molecular weight excluding hydrogens is 376 g/mol. The minimum absolute atomic E-state index is 0.000235. The summed E-state index contributed by atoms with van der Waals surface area (Å²) < 4.78 is 0. The van der Waals surface area contributed by atoms with E-state index in [0.29, 0.717) is 24.8 Å². The number of nitrogens with zero attached hydrogens (tertiary/aromatic N) is 1. The van der Waals surface area contributed by atoms with Crippen LogP contribution in [0.5, 0.6) is 0 Å². The molecule has 30 heavy (non-hydrogen) atoms. The third-order valence-electron chi connectivity index (χ3n) is 6.16. The van der Waals surface area contributed by atoms with Crippen LogP contribution >= 0.6 is 0 Å². The lowest BCUT2D eigenvalue weighted by Gasteiger charge is -2.20. The van der Waals surface area contributed by atoms with Crippen LogP contribution in [-0.4, -0.2) is 23.4 Å². The van der Waals surface area contributed by atoms with E-state index >= 15 is 0 Å². The number of amides is 1. The first-order valence-corrected chi connectivity index (χ1v) is 10.8. The van der Waals surface area contributed by atoms with Gasteiger partial charge in [0.1, 0.15) is 5.70 Å². The van der Waals surface area contributed by atoms with E-state index < -0.39 is 0 Å². The first-order chi connectivity index (χ1) is 14.4. The van der Waals surface area contributed by atoms with Gasteiger partial charge in [0.2, 0.25) is 0 Å². The average Bonchev–Trinajstić information content (AvgIpc) is 2.92. The smallest absolute Gasteiger partial charge is 0.267 e. The van der Waals surface area contributed by atoms with E-state index in [1.807, 2.05) is 12.1 Å². The van der Waals surface area contributed by atoms with Crippen molar-refractivity contribution in [3.05, 3.63) is 52.4 Å². The summed E-state index contributed by atoms with van der Waals surface area (Å²) in [6, 6.07) is 6.02. The van der Waals surface area contributed by atoms with Crippen LogP contribution in [0.25, 0.3) is 0 Å². The van der Waals surface area contributed by atoms with Crippen LogP contribution in [0.2, 0.25) is 0 Å². The summed E-state index contributed by atoms with van der Waals surface area (Å²) in [5.74, 6) is -0.350. The molecule has 1 atom stereocenters. The molecule has 1 unspecified atom stereocenters. The summed E-state index contributed by atoms with van der Waals surface area (Å²) in [4.78, 5) is 29.7. The summed E-state index contributed by atoms with van der Waals surface area (Å²) in [7, 11) is 0. The van der Waals surface area contributed by atoms with Gasteiger partial charge in [-0.3, -0.25) is 14.6 Å². The quantitative estimate of drug-likeness (QED) is 0.524. The Morgan fingerprint density at radius 2 is 1.93 bits per heavy atom. The third-order valence-corrected chi connectivity index (χ3v) is 6.16. The summed E-state index contributed by atoms with van der Waals surface area (Å²) in [5, 5.41) is 3.02. The summed E-state index contributed by atoms with van der Waals surface area (Å²) in [6.45, 7) is 4.15. The number of allylic oxidation sites excluding steroid dienone is 1. The fourth-order valence-electron chi connectivity index (χ4n) is 4.14. The highest BCUT2D eigenvalue weighted by Crippen LogP contribution is 2.27. The van der Waals surface area contributed by atoms with Crippen LogP contribution in [0.1, 0.15) is 62.5 Å². The highest BCUT2D eigenvalue weighted by molar-refractivity contribution is 6.05. The zero-order valence-corrected chi connectivity index (χ0v) is 18.0. The largest absolute Gasteiger partial charge is 0.404 e. The molecule has 0 bridgehead atoms. The zero-order chi connectivity index (χ0) is 21.7. The van der Waals surface area contributed by atoms with Crippen molar-refractivity contribution >= 4 is 23.1 Å². The Bertz CT molecular complexity index is 927. The number of nitrogens with one attached hydrogen (secondary N) is 1. The molecule has 2 fully saturated rings. The SMILES string of the molecule is Cc1cccc(N=C2CCCC(NC(=O)C(N)=C3CCCCC3=O)CC2=CN)c1C. The van der Waals surface area contributed by atoms with Gasteiger partial charge in [-0.15, -0.1) is 0 Å². The van der Waals surface area contributed by atoms with E-state index in [-0.39, 0.29) is 23.4 Å². The van der Waals surface area contributed by atoms with Gasteiger partial charge in [-0.05, 0) is 87.8 Å². The molecule has 1 aromatic rings. The van der Waals surface area contributed by atoms with Crippen LogP contribution in [0, 0.1) is 13.8 Å². The molecule has 2 aliphatic carbocycles. The van der Waals surface area contributed by atoms with E-state index in [1.54, 1.807) is 6.20 Å². The lowest BCUT2D eigenvalue weighted by molar-refractivity contribution is -0.120. The molecule has 0 heterocycles. The first-order valence-electron chi connectivity index (χ1n) is 10.8. The van der Waals surface area contributed by atoms with Gasteiger partial charge in [0.15, 0.2) is 5.78 Å². The van der Waals surface area contributed by atoms with Gasteiger partial charge in [0, 0.05) is 23.7 Å². The molecule has 1 aromatic carbocycles. The second-order valence-electron chi connectivity index (χ2n) is 8.26. The molecule has 5 N–H and O–H groups in total. The van der Waals surface area contributed by atoms with E-state index in [2.05, 4.69) is 25.2 Å². The fraction of sp³-hybridized carbons (Fsp3) is 0.458. The Kier molecular flexibility index (Phi) is 7.08. The molecule has 2 saturated carbocycles. The number of nitrogens with two attached hydrogens (primary N) is 2. The lowest BCUT2D eigenvalue weighted by atomic mass is 9.92. The van der Waals surface area contributed by atoms with Crippen molar-refractivity contribution < 1.29 is 9.59 Å². The lowest BCUT2D eigenvalue weighted by Crippen LogP contribution is -2.39. The molecule has 0 spiro atoms. The Morgan fingerprint density at radius 3 is 2.67 bits per heavy atom. The predicted molar refractivity (Wildman–Crippen MR) is 120 cm³/mol. The van der Waals surface area contributed by atoms with Crippen LogP contribution < -0.4 is 16.8 Å². The van der Waals surface area contributed by atoms with Crippen LogP contribution in [0.4, 0.5) is 5.69 Å². The van der Waals surface area contributed by atoms with E-state index in [1.165, 1.54) is 5.56 Å². The average molecular weight is 409 g/mol. The third kappa shape index (κ3) is 4.99. The van der Waals surface area contributed by atoms with Gasteiger partial charge in [-0.2, -0.15) is 0 Å². The number of ketones is 1. The van der Waals surface area contributed by atoms with Crippen LogP contribution in [-0.2, 0) is 9.59 Å². The van der Waals surface area contributed by atoms with E-state index in [9.17, 15) is 9.59 Å². The monoisotopic (exact) mass is 408 g/mol. The van der Waals surface area contributed by atoms with Gasteiger partial charge in [-0.25, -0.2) is 0 Å². The highest BCUT2D eigenvalue weighted by atomic mass is 16.2. The standard InChI is InChI=1S/C24H32N4O2/c1-15-7-5-10-20(16(15)2)28-21-11-6-8-18(13-17(21)14-25)27-24(30)23(26)19-9-3-4-12-22(19)29/h5,7,10,14,18H,3-4,6,8-9,11-13,25-26H2,1-2H3,(H,27,30). The number of benzene rings is 1. The first kappa shape index (κ1) is 21.8. The van der Waals surface area contributed by atoms with Gasteiger partial charge in [0.05, 0.1) is 5.69 Å². The molecule has 0 aliphatic heterocycles. The summed E-state index contributed by atoms with van der Waals surface area (Å²) in [6.07, 6.45) is 7.53. The number of carbonyl (C=O) groups is 2. The maximum absolute atomic E-state index is 12.7. The summed E-state index contributed by atoms with van der Waals surface area (Å²) in [5.41, 5.74) is 17.8. The van der Waals surface area contributed by atoms with Gasteiger partial charge >= 0.3 is 0 Å². The van der Waals surface area contributed by atoms with Crippen molar-refractivity contribution in [3.63, 3.8) is 0 Å².